The van der Waals surface area contributed by atoms with Crippen LogP contribution in [-0.4, -0.2) is 36.3 Å². The lowest BCUT2D eigenvalue weighted by molar-refractivity contribution is -0.125. The van der Waals surface area contributed by atoms with E-state index < -0.39 is 5.91 Å². The highest BCUT2D eigenvalue weighted by Crippen LogP contribution is 2.32. The first-order valence-electron chi connectivity index (χ1n) is 8.85. The van der Waals surface area contributed by atoms with E-state index in [9.17, 15) is 4.79 Å². The zero-order chi connectivity index (χ0) is 20.1. The Kier molecular flexibility index (Phi) is 5.74. The van der Waals surface area contributed by atoms with Gasteiger partial charge in [-0.2, -0.15) is 0 Å². The molecule has 5 N–H and O–H groups in total. The standard InChI is InChI=1S/C21H23N5O2/c1-25-11-15(10-22)17-13-26(12-14-5-2-3-6-16(14)17)21(27)19(24)9-18(23)20-7-4-8-28-20/h2-11,17,24H,12-13,22-23H2,1H3/b15-10?,18-9-,24-19?,25-11?. The normalized spacial score (nSPS) is 17.6. The molecule has 7 nitrogen and oxygen atoms in total. The number of carbonyl (C=O) groups excluding carboxylic acids is 1. The van der Waals surface area contributed by atoms with Crippen LogP contribution in [0.25, 0.3) is 5.70 Å². The van der Waals surface area contributed by atoms with Crippen molar-refractivity contribution in [1.82, 2.24) is 4.90 Å². The third-order valence-corrected chi connectivity index (χ3v) is 4.69. The van der Waals surface area contributed by atoms with Crippen molar-refractivity contribution in [2.24, 2.45) is 16.5 Å². The summed E-state index contributed by atoms with van der Waals surface area (Å²) in [6.45, 7) is 0.825. The summed E-state index contributed by atoms with van der Waals surface area (Å²) in [5.41, 5.74) is 14.7. The SMILES string of the molecule is CN=CC(=CN)C1CN(C(=O)C(=N)/C=C(\N)c2ccco2)Cc2ccccc21. The molecule has 2 aromatic rings. The zero-order valence-corrected chi connectivity index (χ0v) is 15.6. The molecule has 3 rings (SSSR count). The van der Waals surface area contributed by atoms with Gasteiger partial charge < -0.3 is 20.8 Å². The van der Waals surface area contributed by atoms with Crippen LogP contribution in [0.1, 0.15) is 22.8 Å². The minimum atomic E-state index is -0.404. The van der Waals surface area contributed by atoms with Crippen molar-refractivity contribution < 1.29 is 9.21 Å². The Morgan fingerprint density at radius 3 is 2.79 bits per heavy atom. The molecule has 28 heavy (non-hydrogen) atoms. The molecule has 1 amide bonds. The maximum Gasteiger partial charge on any atom is 0.272 e. The third-order valence-electron chi connectivity index (χ3n) is 4.69. The van der Waals surface area contributed by atoms with Gasteiger partial charge in [0.2, 0.25) is 0 Å². The van der Waals surface area contributed by atoms with Crippen molar-refractivity contribution in [2.75, 3.05) is 13.6 Å². The quantitative estimate of drug-likeness (QED) is 0.692. The van der Waals surface area contributed by atoms with Crippen LogP contribution < -0.4 is 11.5 Å². The monoisotopic (exact) mass is 377 g/mol. The highest BCUT2D eigenvalue weighted by atomic mass is 16.3. The Labute approximate surface area is 163 Å². The topological polar surface area (TPSA) is 122 Å². The summed E-state index contributed by atoms with van der Waals surface area (Å²) in [6, 6.07) is 11.3. The van der Waals surface area contributed by atoms with E-state index in [2.05, 4.69) is 4.99 Å². The van der Waals surface area contributed by atoms with E-state index in [0.717, 1.165) is 16.7 Å². The van der Waals surface area contributed by atoms with Crippen LogP contribution in [0.4, 0.5) is 0 Å². The van der Waals surface area contributed by atoms with Gasteiger partial charge in [0.1, 0.15) is 11.5 Å². The number of nitrogens with one attached hydrogen (secondary N) is 1. The second kappa shape index (κ2) is 8.39. The van der Waals surface area contributed by atoms with Gasteiger partial charge in [-0.1, -0.05) is 24.3 Å². The van der Waals surface area contributed by atoms with E-state index in [4.69, 9.17) is 21.3 Å². The number of amides is 1. The first-order valence-corrected chi connectivity index (χ1v) is 8.85. The highest BCUT2D eigenvalue weighted by Gasteiger charge is 2.30. The van der Waals surface area contributed by atoms with E-state index in [1.807, 2.05) is 24.3 Å². The molecule has 1 aliphatic heterocycles. The molecular weight excluding hydrogens is 354 g/mol. The van der Waals surface area contributed by atoms with E-state index in [1.54, 1.807) is 30.3 Å². The predicted molar refractivity (Wildman–Crippen MR) is 110 cm³/mol. The molecule has 2 heterocycles. The summed E-state index contributed by atoms with van der Waals surface area (Å²) in [5.74, 6) is -0.0902. The molecule has 0 spiro atoms. The van der Waals surface area contributed by atoms with Gasteiger partial charge in [0, 0.05) is 32.3 Å². The van der Waals surface area contributed by atoms with Crippen molar-refractivity contribution in [3.05, 3.63) is 77.4 Å². The van der Waals surface area contributed by atoms with E-state index in [1.165, 1.54) is 18.5 Å². The number of carbonyl (C=O) groups is 1. The predicted octanol–water partition coefficient (Wildman–Crippen LogP) is 2.27. The maximum atomic E-state index is 12.9. The Bertz CT molecular complexity index is 957. The summed E-state index contributed by atoms with van der Waals surface area (Å²) in [5, 5.41) is 8.19. The molecule has 0 saturated carbocycles. The Hall–Kier alpha value is -3.61. The number of benzene rings is 1. The number of nitrogens with zero attached hydrogens (tertiary/aromatic N) is 2. The molecule has 1 aromatic carbocycles. The number of rotatable bonds is 5. The van der Waals surface area contributed by atoms with Crippen LogP contribution in [0.5, 0.6) is 0 Å². The lowest BCUT2D eigenvalue weighted by Gasteiger charge is -2.35. The van der Waals surface area contributed by atoms with Crippen LogP contribution in [-0.2, 0) is 11.3 Å². The average molecular weight is 377 g/mol. The van der Waals surface area contributed by atoms with Crippen molar-refractivity contribution in [3.63, 3.8) is 0 Å². The zero-order valence-electron chi connectivity index (χ0n) is 15.6. The van der Waals surface area contributed by atoms with E-state index >= 15 is 0 Å². The number of aliphatic imine (C=N–C) groups is 1. The molecule has 0 fully saturated rings. The summed E-state index contributed by atoms with van der Waals surface area (Å²) < 4.78 is 5.21. The van der Waals surface area contributed by atoms with Gasteiger partial charge >= 0.3 is 0 Å². The van der Waals surface area contributed by atoms with Crippen LogP contribution >= 0.6 is 0 Å². The molecule has 1 aromatic heterocycles. The molecular formula is C21H23N5O2. The fourth-order valence-electron chi connectivity index (χ4n) is 3.35. The Morgan fingerprint density at radius 2 is 2.11 bits per heavy atom. The first-order chi connectivity index (χ1) is 13.5. The summed E-state index contributed by atoms with van der Waals surface area (Å²) in [7, 11) is 1.68. The van der Waals surface area contributed by atoms with Gasteiger partial charge in [-0.25, -0.2) is 0 Å². The van der Waals surface area contributed by atoms with E-state index in [0.29, 0.717) is 18.8 Å². The molecule has 1 aliphatic rings. The number of fused-ring (bicyclic) bond motifs is 1. The lowest BCUT2D eigenvalue weighted by Crippen LogP contribution is -2.42. The largest absolute Gasteiger partial charge is 0.463 e. The molecule has 1 atom stereocenters. The Balaban J connectivity index is 1.87. The molecule has 144 valence electrons. The van der Waals surface area contributed by atoms with Crippen LogP contribution in [0.3, 0.4) is 0 Å². The van der Waals surface area contributed by atoms with Gasteiger partial charge in [-0.05, 0) is 41.1 Å². The van der Waals surface area contributed by atoms with Crippen LogP contribution in [0.2, 0.25) is 0 Å². The van der Waals surface area contributed by atoms with Gasteiger partial charge in [-0.3, -0.25) is 15.2 Å². The average Bonchev–Trinajstić information content (AvgIpc) is 3.25. The van der Waals surface area contributed by atoms with Gasteiger partial charge in [0.25, 0.3) is 5.91 Å². The first kappa shape index (κ1) is 19.2. The smallest absolute Gasteiger partial charge is 0.272 e. The maximum absolute atomic E-state index is 12.9. The summed E-state index contributed by atoms with van der Waals surface area (Å²) >= 11 is 0. The van der Waals surface area contributed by atoms with E-state index in [-0.39, 0.29) is 17.3 Å². The van der Waals surface area contributed by atoms with Crippen molar-refractivity contribution in [1.29, 1.82) is 5.41 Å². The number of hydrogen-bond donors (Lipinski definition) is 3. The summed E-state index contributed by atoms with van der Waals surface area (Å²) in [4.78, 5) is 18.6. The minimum Gasteiger partial charge on any atom is -0.463 e. The van der Waals surface area contributed by atoms with Gasteiger partial charge in [0.15, 0.2) is 0 Å². The molecule has 0 bridgehead atoms. The highest BCUT2D eigenvalue weighted by molar-refractivity contribution is 6.43. The molecule has 0 aliphatic carbocycles. The van der Waals surface area contributed by atoms with Crippen molar-refractivity contribution in [3.8, 4) is 0 Å². The molecule has 1 unspecified atom stereocenters. The van der Waals surface area contributed by atoms with Crippen LogP contribution in [0, 0.1) is 5.41 Å². The van der Waals surface area contributed by atoms with Crippen molar-refractivity contribution in [2.45, 2.75) is 12.5 Å². The third kappa shape index (κ3) is 3.88. The number of furan rings is 1. The molecule has 7 heteroatoms. The number of hydrogen-bond acceptors (Lipinski definition) is 6. The van der Waals surface area contributed by atoms with Gasteiger partial charge in [0.05, 0.1) is 12.0 Å². The van der Waals surface area contributed by atoms with Crippen LogP contribution in [0.15, 0.2) is 69.9 Å². The summed E-state index contributed by atoms with van der Waals surface area (Å²) in [6.07, 6.45) is 6.03. The molecule has 0 radical (unpaired) electrons. The minimum absolute atomic E-state index is 0.109. The van der Waals surface area contributed by atoms with Gasteiger partial charge in [-0.15, -0.1) is 0 Å². The Morgan fingerprint density at radius 1 is 1.32 bits per heavy atom. The number of nitrogens with two attached hydrogens (primary N) is 2. The second-order valence-electron chi connectivity index (χ2n) is 6.48. The van der Waals surface area contributed by atoms with Crippen molar-refractivity contribution >= 4 is 23.5 Å². The fourth-order valence-corrected chi connectivity index (χ4v) is 3.35. The fraction of sp³-hybridized carbons (Fsp3) is 0.190. The molecule has 0 saturated heterocycles. The lowest BCUT2D eigenvalue weighted by atomic mass is 9.85. The second-order valence-corrected chi connectivity index (χ2v) is 6.48.